The minimum atomic E-state index is -4.32. The molecule has 166 valence electrons. The summed E-state index contributed by atoms with van der Waals surface area (Å²) in [5.41, 5.74) is 6.39. The van der Waals surface area contributed by atoms with E-state index in [0.29, 0.717) is 25.7 Å². The van der Waals surface area contributed by atoms with E-state index in [0.717, 1.165) is 28.8 Å². The van der Waals surface area contributed by atoms with Crippen LogP contribution in [0.3, 0.4) is 0 Å². The SMILES string of the molecule is CS(=O)(=O)N(CCCC(F)(F)F)C1CCC([C@H](N)Cc2cc(F)ccc2F)CC1. The van der Waals surface area contributed by atoms with E-state index in [2.05, 4.69) is 0 Å². The van der Waals surface area contributed by atoms with Gasteiger partial charge in [-0.05, 0) is 68.2 Å². The highest BCUT2D eigenvalue weighted by atomic mass is 32.2. The monoisotopic (exact) mass is 442 g/mol. The largest absolute Gasteiger partial charge is 0.389 e. The molecule has 0 aromatic heterocycles. The number of nitrogens with zero attached hydrogens (tertiary/aromatic N) is 1. The van der Waals surface area contributed by atoms with Crippen LogP contribution in [0.2, 0.25) is 0 Å². The van der Waals surface area contributed by atoms with Crippen LogP contribution < -0.4 is 5.73 Å². The standard InChI is InChI=1S/C19H27F5N2O2S/c1-29(27,28)26(10-2-9-19(22,23)24)16-6-3-13(4-7-16)18(25)12-14-11-15(20)5-8-17(14)21/h5,8,11,13,16,18H,2-4,6-7,9-10,12,25H2,1H3/t13?,16?,18-/m1/s1. The van der Waals surface area contributed by atoms with Crippen molar-refractivity contribution < 1.29 is 30.4 Å². The Morgan fingerprint density at radius 3 is 2.34 bits per heavy atom. The minimum Gasteiger partial charge on any atom is -0.327 e. The van der Waals surface area contributed by atoms with Gasteiger partial charge in [-0.3, -0.25) is 0 Å². The van der Waals surface area contributed by atoms with Crippen LogP contribution in [0.4, 0.5) is 22.0 Å². The van der Waals surface area contributed by atoms with Gasteiger partial charge >= 0.3 is 6.18 Å². The van der Waals surface area contributed by atoms with Crippen LogP contribution in [0, 0.1) is 17.6 Å². The molecule has 10 heteroatoms. The van der Waals surface area contributed by atoms with Crippen LogP contribution in [0.5, 0.6) is 0 Å². The maximum absolute atomic E-state index is 13.8. The fourth-order valence-electron chi connectivity index (χ4n) is 3.99. The molecule has 1 aliphatic rings. The second kappa shape index (κ2) is 9.70. The van der Waals surface area contributed by atoms with E-state index in [1.165, 1.54) is 0 Å². The number of hydrogen-bond acceptors (Lipinski definition) is 3. The Labute approximate surface area is 168 Å². The molecule has 29 heavy (non-hydrogen) atoms. The Bertz CT molecular complexity index is 777. The predicted molar refractivity (Wildman–Crippen MR) is 101 cm³/mol. The number of alkyl halides is 3. The molecule has 1 fully saturated rings. The zero-order chi connectivity index (χ0) is 21.8. The smallest absolute Gasteiger partial charge is 0.327 e. The summed E-state index contributed by atoms with van der Waals surface area (Å²) in [7, 11) is -3.64. The van der Waals surface area contributed by atoms with Crippen molar-refractivity contribution in [3.05, 3.63) is 35.4 Å². The molecule has 0 heterocycles. The maximum Gasteiger partial charge on any atom is 0.389 e. The number of nitrogens with two attached hydrogens (primary N) is 1. The van der Waals surface area contributed by atoms with Crippen molar-refractivity contribution in [2.75, 3.05) is 12.8 Å². The molecular weight excluding hydrogens is 415 g/mol. The summed E-state index contributed by atoms with van der Waals surface area (Å²) >= 11 is 0. The van der Waals surface area contributed by atoms with Gasteiger partial charge < -0.3 is 5.73 Å². The van der Waals surface area contributed by atoms with E-state index < -0.39 is 40.3 Å². The van der Waals surface area contributed by atoms with E-state index in [4.69, 9.17) is 5.73 Å². The Morgan fingerprint density at radius 2 is 1.79 bits per heavy atom. The molecule has 0 unspecified atom stereocenters. The van der Waals surface area contributed by atoms with Gasteiger partial charge in [-0.1, -0.05) is 0 Å². The zero-order valence-corrected chi connectivity index (χ0v) is 17.1. The molecule has 4 nitrogen and oxygen atoms in total. The van der Waals surface area contributed by atoms with Crippen molar-refractivity contribution in [1.29, 1.82) is 0 Å². The van der Waals surface area contributed by atoms with Gasteiger partial charge in [0.05, 0.1) is 6.26 Å². The van der Waals surface area contributed by atoms with Crippen LogP contribution in [0.15, 0.2) is 18.2 Å². The third-order valence-electron chi connectivity index (χ3n) is 5.48. The third-order valence-corrected chi connectivity index (χ3v) is 6.81. The van der Waals surface area contributed by atoms with Crippen LogP contribution in [0.1, 0.15) is 44.1 Å². The molecule has 0 saturated heterocycles. The number of hydrogen-bond donors (Lipinski definition) is 1. The highest BCUT2D eigenvalue weighted by Crippen LogP contribution is 2.32. The Kier molecular flexibility index (Phi) is 8.03. The van der Waals surface area contributed by atoms with Gasteiger partial charge in [0.2, 0.25) is 10.0 Å². The molecule has 1 saturated carbocycles. The number of halogens is 5. The van der Waals surface area contributed by atoms with Crippen molar-refractivity contribution in [3.8, 4) is 0 Å². The Balaban J connectivity index is 1.93. The van der Waals surface area contributed by atoms with Gasteiger partial charge in [0, 0.05) is 25.0 Å². The quantitative estimate of drug-likeness (QED) is 0.619. The molecule has 0 amide bonds. The first-order valence-electron chi connectivity index (χ1n) is 9.60. The van der Waals surface area contributed by atoms with Crippen LogP contribution in [0.25, 0.3) is 0 Å². The van der Waals surface area contributed by atoms with Crippen molar-refractivity contribution in [1.82, 2.24) is 4.31 Å². The van der Waals surface area contributed by atoms with E-state index in [-0.39, 0.29) is 36.9 Å². The molecule has 0 aliphatic heterocycles. The molecule has 1 atom stereocenters. The normalized spacial score (nSPS) is 22.1. The summed E-state index contributed by atoms with van der Waals surface area (Å²) in [5.74, 6) is -1.06. The molecule has 1 aliphatic carbocycles. The summed E-state index contributed by atoms with van der Waals surface area (Å²) in [4.78, 5) is 0. The lowest BCUT2D eigenvalue weighted by Crippen LogP contribution is -2.45. The fourth-order valence-corrected chi connectivity index (χ4v) is 5.21. The van der Waals surface area contributed by atoms with Crippen LogP contribution >= 0.6 is 0 Å². The van der Waals surface area contributed by atoms with Gasteiger partial charge in [-0.15, -0.1) is 0 Å². The van der Waals surface area contributed by atoms with Gasteiger partial charge in [0.1, 0.15) is 11.6 Å². The van der Waals surface area contributed by atoms with E-state index in [1.54, 1.807) is 0 Å². The molecule has 2 N–H and O–H groups in total. The zero-order valence-electron chi connectivity index (χ0n) is 16.3. The average Bonchev–Trinajstić information content (AvgIpc) is 2.60. The van der Waals surface area contributed by atoms with Gasteiger partial charge in [0.25, 0.3) is 0 Å². The lowest BCUT2D eigenvalue weighted by molar-refractivity contribution is -0.135. The lowest BCUT2D eigenvalue weighted by Gasteiger charge is -2.37. The van der Waals surface area contributed by atoms with Gasteiger partial charge in [-0.25, -0.2) is 17.2 Å². The Morgan fingerprint density at radius 1 is 1.17 bits per heavy atom. The predicted octanol–water partition coefficient (Wildman–Crippen LogP) is 4.00. The van der Waals surface area contributed by atoms with E-state index in [1.807, 2.05) is 0 Å². The number of sulfonamides is 1. The molecule has 0 bridgehead atoms. The average molecular weight is 442 g/mol. The first-order chi connectivity index (χ1) is 13.4. The molecule has 2 rings (SSSR count). The highest BCUT2D eigenvalue weighted by molar-refractivity contribution is 7.88. The molecule has 0 radical (unpaired) electrons. The third kappa shape index (κ3) is 7.49. The molecule has 1 aromatic carbocycles. The molecular formula is C19H27F5N2O2S. The molecule has 1 aromatic rings. The number of benzene rings is 1. The summed E-state index contributed by atoms with van der Waals surface area (Å²) in [6.07, 6.45) is -2.35. The van der Waals surface area contributed by atoms with Gasteiger partial charge in [-0.2, -0.15) is 17.5 Å². The number of rotatable bonds is 8. The second-order valence-electron chi connectivity index (χ2n) is 7.76. The maximum atomic E-state index is 13.8. The Hall–Kier alpha value is -1.26. The molecule has 0 spiro atoms. The lowest BCUT2D eigenvalue weighted by atomic mass is 9.80. The summed E-state index contributed by atoms with van der Waals surface area (Å²) in [5, 5.41) is 0. The van der Waals surface area contributed by atoms with Crippen LogP contribution in [-0.4, -0.2) is 43.8 Å². The van der Waals surface area contributed by atoms with Crippen LogP contribution in [-0.2, 0) is 16.4 Å². The minimum absolute atomic E-state index is 0.00510. The topological polar surface area (TPSA) is 63.4 Å². The summed E-state index contributed by atoms with van der Waals surface area (Å²) in [6, 6.07) is 2.43. The summed E-state index contributed by atoms with van der Waals surface area (Å²) < 4.78 is 89.6. The fraction of sp³-hybridized carbons (Fsp3) is 0.684. The van der Waals surface area contributed by atoms with Crippen molar-refractivity contribution >= 4 is 10.0 Å². The van der Waals surface area contributed by atoms with Crippen molar-refractivity contribution in [2.45, 2.75) is 63.2 Å². The van der Waals surface area contributed by atoms with Crippen molar-refractivity contribution in [2.24, 2.45) is 11.7 Å². The summed E-state index contributed by atoms with van der Waals surface area (Å²) in [6.45, 7) is -0.172. The first-order valence-corrected chi connectivity index (χ1v) is 11.4. The van der Waals surface area contributed by atoms with E-state index in [9.17, 15) is 30.4 Å². The van der Waals surface area contributed by atoms with E-state index >= 15 is 0 Å². The first kappa shape index (κ1) is 24.0. The second-order valence-corrected chi connectivity index (χ2v) is 9.70. The van der Waals surface area contributed by atoms with Crippen molar-refractivity contribution in [3.63, 3.8) is 0 Å². The highest BCUT2D eigenvalue weighted by Gasteiger charge is 2.34. The van der Waals surface area contributed by atoms with Gasteiger partial charge in [0.15, 0.2) is 0 Å².